The van der Waals surface area contributed by atoms with Crippen molar-refractivity contribution in [3.8, 4) is 0 Å². The Kier molecular flexibility index (Phi) is 4.48. The molecule has 1 fully saturated rings. The second kappa shape index (κ2) is 6.33. The Labute approximate surface area is 129 Å². The van der Waals surface area contributed by atoms with Gasteiger partial charge in [0.25, 0.3) is 0 Å². The highest BCUT2D eigenvalue weighted by atomic mass is 32.2. The molecule has 0 unspecified atom stereocenters. The summed E-state index contributed by atoms with van der Waals surface area (Å²) in [5.41, 5.74) is 2.46. The quantitative estimate of drug-likeness (QED) is 0.908. The first-order valence-electron chi connectivity index (χ1n) is 7.29. The van der Waals surface area contributed by atoms with E-state index < -0.39 is 0 Å². The van der Waals surface area contributed by atoms with Gasteiger partial charge in [-0.1, -0.05) is 25.1 Å². The number of hydrogen-bond donors (Lipinski definition) is 1. The number of amidine groups is 1. The SMILES string of the molecule is CCCc1cc2c(s1)SC=C(C)N=C2N1CCNCC1. The van der Waals surface area contributed by atoms with Crippen molar-refractivity contribution in [1.29, 1.82) is 0 Å². The number of aryl methyl sites for hydroxylation is 1. The van der Waals surface area contributed by atoms with Crippen LogP contribution in [0.1, 0.15) is 30.7 Å². The Bertz CT molecular complexity index is 539. The van der Waals surface area contributed by atoms with Crippen molar-refractivity contribution in [3.05, 3.63) is 27.6 Å². The van der Waals surface area contributed by atoms with Crippen molar-refractivity contribution in [2.45, 2.75) is 30.9 Å². The molecule has 0 aliphatic carbocycles. The molecule has 1 saturated heterocycles. The van der Waals surface area contributed by atoms with Gasteiger partial charge in [0.2, 0.25) is 0 Å². The molecule has 0 bridgehead atoms. The predicted molar refractivity (Wildman–Crippen MR) is 88.9 cm³/mol. The third-order valence-corrected chi connectivity index (χ3v) is 5.94. The van der Waals surface area contributed by atoms with Gasteiger partial charge in [-0.3, -0.25) is 0 Å². The molecule has 5 heteroatoms. The number of thiophene rings is 1. The summed E-state index contributed by atoms with van der Waals surface area (Å²) in [5, 5.41) is 5.60. The van der Waals surface area contributed by atoms with E-state index in [9.17, 15) is 0 Å². The first-order valence-corrected chi connectivity index (χ1v) is 8.98. The summed E-state index contributed by atoms with van der Waals surface area (Å²) in [4.78, 5) is 8.79. The molecule has 1 aromatic heterocycles. The second-order valence-corrected chi connectivity index (χ2v) is 7.49. The molecule has 108 valence electrons. The van der Waals surface area contributed by atoms with Crippen LogP contribution in [0.5, 0.6) is 0 Å². The van der Waals surface area contributed by atoms with Gasteiger partial charge >= 0.3 is 0 Å². The molecule has 1 N–H and O–H groups in total. The van der Waals surface area contributed by atoms with Gasteiger partial charge in [-0.05, 0) is 24.8 Å². The Morgan fingerprint density at radius 2 is 2.15 bits per heavy atom. The molecular weight excluding hydrogens is 286 g/mol. The predicted octanol–water partition coefficient (Wildman–Crippen LogP) is 3.32. The van der Waals surface area contributed by atoms with Gasteiger partial charge in [0.05, 0.1) is 4.21 Å². The fourth-order valence-electron chi connectivity index (χ4n) is 2.55. The fraction of sp³-hybridized carbons (Fsp3) is 0.533. The van der Waals surface area contributed by atoms with Crippen LogP contribution >= 0.6 is 23.1 Å². The standard InChI is InChI=1S/C15H21N3S2/c1-3-4-12-9-13-14(18-7-5-16-6-8-18)17-11(2)10-19-15(13)20-12/h9-10,16H,3-8H2,1-2H3. The van der Waals surface area contributed by atoms with Gasteiger partial charge in [0.1, 0.15) is 5.84 Å². The highest BCUT2D eigenvalue weighted by molar-refractivity contribution is 8.04. The van der Waals surface area contributed by atoms with Gasteiger partial charge in [0.15, 0.2) is 0 Å². The van der Waals surface area contributed by atoms with E-state index in [0.29, 0.717) is 0 Å². The minimum atomic E-state index is 1.05. The van der Waals surface area contributed by atoms with E-state index in [1.54, 1.807) is 0 Å². The van der Waals surface area contributed by atoms with Crippen LogP contribution in [-0.2, 0) is 6.42 Å². The lowest BCUT2D eigenvalue weighted by Gasteiger charge is -2.30. The van der Waals surface area contributed by atoms with Gasteiger partial charge in [0, 0.05) is 42.3 Å². The highest BCUT2D eigenvalue weighted by Gasteiger charge is 2.23. The molecular formula is C15H21N3S2. The van der Waals surface area contributed by atoms with Crippen LogP contribution in [0, 0.1) is 0 Å². The average molecular weight is 307 g/mol. The molecule has 1 aromatic rings. The van der Waals surface area contributed by atoms with Crippen LogP contribution in [0.3, 0.4) is 0 Å². The Balaban J connectivity index is 1.96. The lowest BCUT2D eigenvalue weighted by molar-refractivity contribution is 0.357. The number of nitrogens with one attached hydrogen (secondary N) is 1. The largest absolute Gasteiger partial charge is 0.354 e. The number of aliphatic imine (C=N–C) groups is 1. The number of nitrogens with zero attached hydrogens (tertiary/aromatic N) is 2. The zero-order valence-electron chi connectivity index (χ0n) is 12.1. The van der Waals surface area contributed by atoms with E-state index in [1.165, 1.54) is 33.3 Å². The van der Waals surface area contributed by atoms with Crippen molar-refractivity contribution >= 4 is 28.9 Å². The van der Waals surface area contributed by atoms with Crippen molar-refractivity contribution in [3.63, 3.8) is 0 Å². The zero-order valence-corrected chi connectivity index (χ0v) is 13.7. The third-order valence-electron chi connectivity index (χ3n) is 3.52. The molecule has 0 atom stereocenters. The first kappa shape index (κ1) is 14.2. The van der Waals surface area contributed by atoms with Crippen LogP contribution in [0.2, 0.25) is 0 Å². The van der Waals surface area contributed by atoms with Gasteiger partial charge < -0.3 is 10.2 Å². The van der Waals surface area contributed by atoms with Gasteiger partial charge in [-0.25, -0.2) is 4.99 Å². The lowest BCUT2D eigenvalue weighted by atomic mass is 10.2. The lowest BCUT2D eigenvalue weighted by Crippen LogP contribution is -2.46. The summed E-state index contributed by atoms with van der Waals surface area (Å²) in [6.07, 6.45) is 2.38. The van der Waals surface area contributed by atoms with E-state index in [-0.39, 0.29) is 0 Å². The number of piperazine rings is 1. The topological polar surface area (TPSA) is 27.6 Å². The molecule has 20 heavy (non-hydrogen) atoms. The van der Waals surface area contributed by atoms with E-state index in [2.05, 4.69) is 35.5 Å². The summed E-state index contributed by atoms with van der Waals surface area (Å²) in [6.45, 7) is 8.54. The van der Waals surface area contributed by atoms with Crippen molar-refractivity contribution < 1.29 is 0 Å². The minimum Gasteiger partial charge on any atom is -0.354 e. The summed E-state index contributed by atoms with van der Waals surface area (Å²) < 4.78 is 1.41. The summed E-state index contributed by atoms with van der Waals surface area (Å²) >= 11 is 3.77. The Morgan fingerprint density at radius 1 is 1.35 bits per heavy atom. The Morgan fingerprint density at radius 3 is 2.90 bits per heavy atom. The average Bonchev–Trinajstić information content (AvgIpc) is 2.80. The van der Waals surface area contributed by atoms with E-state index >= 15 is 0 Å². The number of fused-ring (bicyclic) bond motifs is 1. The van der Waals surface area contributed by atoms with Crippen molar-refractivity contribution in [2.75, 3.05) is 26.2 Å². The number of thioether (sulfide) groups is 1. The maximum Gasteiger partial charge on any atom is 0.138 e. The van der Waals surface area contributed by atoms with E-state index in [1.807, 2.05) is 23.1 Å². The van der Waals surface area contributed by atoms with E-state index in [0.717, 1.165) is 31.9 Å². The molecule has 3 heterocycles. The molecule has 0 aromatic carbocycles. The first-order chi connectivity index (χ1) is 9.78. The van der Waals surface area contributed by atoms with Crippen LogP contribution in [0.15, 0.2) is 26.4 Å². The number of hydrogen-bond acceptors (Lipinski definition) is 5. The second-order valence-electron chi connectivity index (χ2n) is 5.21. The Hall–Kier alpha value is -0.780. The smallest absolute Gasteiger partial charge is 0.138 e. The molecule has 2 aliphatic rings. The highest BCUT2D eigenvalue weighted by Crippen LogP contribution is 2.37. The van der Waals surface area contributed by atoms with Gasteiger partial charge in [-0.15, -0.1) is 11.3 Å². The molecule has 0 saturated carbocycles. The van der Waals surface area contributed by atoms with Gasteiger partial charge in [-0.2, -0.15) is 0 Å². The van der Waals surface area contributed by atoms with E-state index in [4.69, 9.17) is 4.99 Å². The zero-order chi connectivity index (χ0) is 13.9. The molecule has 2 aliphatic heterocycles. The maximum atomic E-state index is 4.88. The monoisotopic (exact) mass is 307 g/mol. The van der Waals surface area contributed by atoms with Crippen LogP contribution in [-0.4, -0.2) is 36.9 Å². The molecule has 3 rings (SSSR count). The molecule has 0 amide bonds. The summed E-state index contributed by atoms with van der Waals surface area (Å²) in [7, 11) is 0. The summed E-state index contributed by atoms with van der Waals surface area (Å²) in [5.74, 6) is 1.18. The molecule has 3 nitrogen and oxygen atoms in total. The van der Waals surface area contributed by atoms with Crippen LogP contribution in [0.4, 0.5) is 0 Å². The van der Waals surface area contributed by atoms with Crippen LogP contribution in [0.25, 0.3) is 0 Å². The number of rotatable bonds is 2. The minimum absolute atomic E-state index is 1.05. The maximum absolute atomic E-state index is 4.88. The normalized spacial score (nSPS) is 19.2. The fourth-order valence-corrected chi connectivity index (χ4v) is 4.79. The summed E-state index contributed by atoms with van der Waals surface area (Å²) in [6, 6.07) is 2.36. The van der Waals surface area contributed by atoms with Crippen molar-refractivity contribution in [2.24, 2.45) is 4.99 Å². The van der Waals surface area contributed by atoms with Crippen LogP contribution < -0.4 is 5.32 Å². The number of allylic oxidation sites excluding steroid dienone is 1. The molecule has 0 radical (unpaired) electrons. The third kappa shape index (κ3) is 2.95. The van der Waals surface area contributed by atoms with Crippen molar-refractivity contribution in [1.82, 2.24) is 10.2 Å². The molecule has 0 spiro atoms.